The Bertz CT molecular complexity index is 374. The quantitative estimate of drug-likeness (QED) is 0.769. The van der Waals surface area contributed by atoms with Gasteiger partial charge in [0.15, 0.2) is 0 Å². The lowest BCUT2D eigenvalue weighted by atomic mass is 10.2. The van der Waals surface area contributed by atoms with Crippen LogP contribution in [0, 0.1) is 0 Å². The normalized spacial score (nSPS) is 14.7. The first-order valence-corrected chi connectivity index (χ1v) is 6.47. The molecule has 0 unspecified atom stereocenters. The van der Waals surface area contributed by atoms with Crippen molar-refractivity contribution in [2.45, 2.75) is 38.6 Å². The number of rotatable bonds is 6. The number of para-hydroxylation sites is 1. The molecule has 0 aliphatic heterocycles. The van der Waals surface area contributed by atoms with E-state index in [1.165, 1.54) is 25.7 Å². The smallest absolute Gasteiger partial charge is 0.143 e. The third kappa shape index (κ3) is 2.65. The molecule has 3 nitrogen and oxygen atoms in total. The molecule has 0 spiro atoms. The van der Waals surface area contributed by atoms with Crippen LogP contribution in [0.25, 0.3) is 0 Å². The van der Waals surface area contributed by atoms with Crippen LogP contribution in [0.2, 0.25) is 0 Å². The van der Waals surface area contributed by atoms with E-state index in [2.05, 4.69) is 17.9 Å². The Morgan fingerprint density at radius 3 is 2.76 bits per heavy atom. The molecule has 3 heteroatoms. The molecule has 1 aromatic carbocycles. The molecule has 0 atom stereocenters. The minimum atomic E-state index is 0.691. The van der Waals surface area contributed by atoms with Gasteiger partial charge in [-0.3, -0.25) is 0 Å². The van der Waals surface area contributed by atoms with Gasteiger partial charge in [0.05, 0.1) is 18.5 Å². The van der Waals surface area contributed by atoms with Crippen molar-refractivity contribution in [3.05, 3.63) is 18.2 Å². The summed E-state index contributed by atoms with van der Waals surface area (Å²) in [5.74, 6) is 0.782. The van der Waals surface area contributed by atoms with Gasteiger partial charge in [-0.1, -0.05) is 19.4 Å². The number of nitrogen functional groups attached to an aromatic ring is 1. The molecule has 1 saturated carbocycles. The Morgan fingerprint density at radius 1 is 1.41 bits per heavy atom. The summed E-state index contributed by atoms with van der Waals surface area (Å²) < 4.78 is 5.29. The predicted octanol–water partition coefficient (Wildman–Crippen LogP) is 3.05. The van der Waals surface area contributed by atoms with Crippen molar-refractivity contribution in [1.82, 2.24) is 0 Å². The summed E-state index contributed by atoms with van der Waals surface area (Å²) in [7, 11) is 1.67. The van der Waals surface area contributed by atoms with Gasteiger partial charge in [-0.15, -0.1) is 0 Å². The Balaban J connectivity index is 2.22. The standard InChI is InChI=1S/C14H22N2O/c1-3-4-10-16(11-8-9-11)12-6-5-7-13(17-2)14(12)15/h5-7,11H,3-4,8-10,15H2,1-2H3. The highest BCUT2D eigenvalue weighted by molar-refractivity contribution is 5.74. The van der Waals surface area contributed by atoms with Crippen LogP contribution >= 0.6 is 0 Å². The number of nitrogens with zero attached hydrogens (tertiary/aromatic N) is 1. The first-order chi connectivity index (χ1) is 8.27. The van der Waals surface area contributed by atoms with Gasteiger partial charge in [-0.2, -0.15) is 0 Å². The van der Waals surface area contributed by atoms with E-state index in [1.54, 1.807) is 7.11 Å². The van der Waals surface area contributed by atoms with Crippen molar-refractivity contribution >= 4 is 11.4 Å². The summed E-state index contributed by atoms with van der Waals surface area (Å²) in [4.78, 5) is 2.45. The highest BCUT2D eigenvalue weighted by atomic mass is 16.5. The van der Waals surface area contributed by atoms with Crippen molar-refractivity contribution in [3.8, 4) is 5.75 Å². The molecule has 0 radical (unpaired) electrons. The van der Waals surface area contributed by atoms with E-state index in [0.29, 0.717) is 6.04 Å². The monoisotopic (exact) mass is 234 g/mol. The molecule has 1 fully saturated rings. The molecule has 1 aromatic rings. The predicted molar refractivity (Wildman–Crippen MR) is 72.7 cm³/mol. The summed E-state index contributed by atoms with van der Waals surface area (Å²) in [6.45, 7) is 3.32. The summed E-state index contributed by atoms with van der Waals surface area (Å²) in [6.07, 6.45) is 5.01. The molecule has 0 saturated heterocycles. The van der Waals surface area contributed by atoms with Crippen LogP contribution in [0.1, 0.15) is 32.6 Å². The average molecular weight is 234 g/mol. The molecule has 0 aromatic heterocycles. The summed E-state index contributed by atoms with van der Waals surface area (Å²) >= 11 is 0. The molecule has 0 heterocycles. The highest BCUT2D eigenvalue weighted by Crippen LogP contribution is 2.38. The van der Waals surface area contributed by atoms with E-state index < -0.39 is 0 Å². The number of nitrogens with two attached hydrogens (primary N) is 1. The Morgan fingerprint density at radius 2 is 2.18 bits per heavy atom. The van der Waals surface area contributed by atoms with E-state index in [9.17, 15) is 0 Å². The van der Waals surface area contributed by atoms with E-state index in [4.69, 9.17) is 10.5 Å². The maximum absolute atomic E-state index is 6.17. The average Bonchev–Trinajstić information content (AvgIpc) is 3.16. The molecule has 0 amide bonds. The van der Waals surface area contributed by atoms with Crippen molar-refractivity contribution in [2.75, 3.05) is 24.3 Å². The summed E-state index contributed by atoms with van der Waals surface area (Å²) in [5.41, 5.74) is 8.08. The van der Waals surface area contributed by atoms with Gasteiger partial charge in [0.25, 0.3) is 0 Å². The Labute approximate surface area is 104 Å². The minimum Gasteiger partial charge on any atom is -0.495 e. The molecule has 94 valence electrons. The van der Waals surface area contributed by atoms with E-state index in [-0.39, 0.29) is 0 Å². The Hall–Kier alpha value is -1.38. The fourth-order valence-corrected chi connectivity index (χ4v) is 2.18. The highest BCUT2D eigenvalue weighted by Gasteiger charge is 2.30. The first kappa shape index (κ1) is 12.1. The number of ether oxygens (including phenoxy) is 1. The van der Waals surface area contributed by atoms with E-state index in [0.717, 1.165) is 23.7 Å². The van der Waals surface area contributed by atoms with Gasteiger partial charge in [-0.05, 0) is 31.4 Å². The largest absolute Gasteiger partial charge is 0.495 e. The van der Waals surface area contributed by atoms with E-state index in [1.807, 2.05) is 12.1 Å². The SMILES string of the molecule is CCCCN(c1cccc(OC)c1N)C1CC1. The van der Waals surface area contributed by atoms with Crippen LogP contribution in [0.4, 0.5) is 11.4 Å². The van der Waals surface area contributed by atoms with Gasteiger partial charge < -0.3 is 15.4 Å². The third-order valence-corrected chi connectivity index (χ3v) is 3.31. The molecular weight excluding hydrogens is 212 g/mol. The van der Waals surface area contributed by atoms with Crippen LogP contribution in [-0.4, -0.2) is 19.7 Å². The zero-order chi connectivity index (χ0) is 12.3. The summed E-state index contributed by atoms with van der Waals surface area (Å²) in [6, 6.07) is 6.73. The number of hydrogen-bond acceptors (Lipinski definition) is 3. The molecule has 17 heavy (non-hydrogen) atoms. The van der Waals surface area contributed by atoms with Gasteiger partial charge in [-0.25, -0.2) is 0 Å². The first-order valence-electron chi connectivity index (χ1n) is 6.47. The molecule has 2 rings (SSSR count). The van der Waals surface area contributed by atoms with Crippen LogP contribution in [0.3, 0.4) is 0 Å². The molecule has 0 bridgehead atoms. The number of benzene rings is 1. The Kier molecular flexibility index (Phi) is 3.77. The van der Waals surface area contributed by atoms with Gasteiger partial charge in [0.2, 0.25) is 0 Å². The zero-order valence-electron chi connectivity index (χ0n) is 10.8. The lowest BCUT2D eigenvalue weighted by Crippen LogP contribution is -2.27. The van der Waals surface area contributed by atoms with Crippen LogP contribution in [0.15, 0.2) is 18.2 Å². The van der Waals surface area contributed by atoms with Crippen LogP contribution in [0.5, 0.6) is 5.75 Å². The fraction of sp³-hybridized carbons (Fsp3) is 0.571. The molecular formula is C14H22N2O. The molecule has 1 aliphatic carbocycles. The number of anilines is 2. The van der Waals surface area contributed by atoms with Gasteiger partial charge in [0, 0.05) is 12.6 Å². The second-order valence-corrected chi connectivity index (χ2v) is 4.67. The van der Waals surface area contributed by atoms with Crippen LogP contribution in [-0.2, 0) is 0 Å². The van der Waals surface area contributed by atoms with Crippen molar-refractivity contribution in [3.63, 3.8) is 0 Å². The van der Waals surface area contributed by atoms with Crippen LogP contribution < -0.4 is 15.4 Å². The number of hydrogen-bond donors (Lipinski definition) is 1. The third-order valence-electron chi connectivity index (χ3n) is 3.31. The summed E-state index contributed by atoms with van der Waals surface area (Å²) in [5, 5.41) is 0. The second-order valence-electron chi connectivity index (χ2n) is 4.67. The number of unbranched alkanes of at least 4 members (excludes halogenated alkanes) is 1. The maximum atomic E-state index is 6.17. The fourth-order valence-electron chi connectivity index (χ4n) is 2.18. The van der Waals surface area contributed by atoms with Crippen molar-refractivity contribution in [1.29, 1.82) is 0 Å². The lowest BCUT2D eigenvalue weighted by molar-refractivity contribution is 0.417. The van der Waals surface area contributed by atoms with Crippen molar-refractivity contribution < 1.29 is 4.74 Å². The zero-order valence-corrected chi connectivity index (χ0v) is 10.8. The number of methoxy groups -OCH3 is 1. The van der Waals surface area contributed by atoms with Gasteiger partial charge in [0.1, 0.15) is 5.75 Å². The topological polar surface area (TPSA) is 38.5 Å². The molecule has 1 aliphatic rings. The second kappa shape index (κ2) is 5.30. The maximum Gasteiger partial charge on any atom is 0.143 e. The van der Waals surface area contributed by atoms with E-state index >= 15 is 0 Å². The van der Waals surface area contributed by atoms with Crippen molar-refractivity contribution in [2.24, 2.45) is 0 Å². The lowest BCUT2D eigenvalue weighted by Gasteiger charge is -2.26. The minimum absolute atomic E-state index is 0.691. The van der Waals surface area contributed by atoms with Gasteiger partial charge >= 0.3 is 0 Å². The molecule has 2 N–H and O–H groups in total.